The number of ether oxygens (including phenoxy) is 1. The minimum absolute atomic E-state index is 0.439. The van der Waals surface area contributed by atoms with E-state index in [1.165, 1.54) is 36.1 Å². The highest BCUT2D eigenvalue weighted by molar-refractivity contribution is 5.57. The number of fused-ring (bicyclic) bond motifs is 1. The molecule has 1 unspecified atom stereocenters. The van der Waals surface area contributed by atoms with Crippen molar-refractivity contribution in [3.8, 4) is 0 Å². The summed E-state index contributed by atoms with van der Waals surface area (Å²) in [4.78, 5) is 2.47. The standard InChI is InChI=1S/C18H30N2O/c1-4-10-19-15(3)16-8-9-18-17(14-16)7-6-11-20(18)12-13-21-5-2/h8-9,14-15,19H,4-7,10-13H2,1-3H3. The zero-order chi connectivity index (χ0) is 15.1. The van der Waals surface area contributed by atoms with E-state index in [9.17, 15) is 0 Å². The average Bonchev–Trinajstić information content (AvgIpc) is 2.52. The summed E-state index contributed by atoms with van der Waals surface area (Å²) in [5.41, 5.74) is 4.32. The first-order valence-corrected chi connectivity index (χ1v) is 8.45. The molecule has 0 aliphatic carbocycles. The topological polar surface area (TPSA) is 24.5 Å². The number of nitrogens with zero attached hydrogens (tertiary/aromatic N) is 1. The summed E-state index contributed by atoms with van der Waals surface area (Å²) in [5.74, 6) is 0. The lowest BCUT2D eigenvalue weighted by Crippen LogP contribution is -2.32. The number of rotatable bonds is 8. The highest BCUT2D eigenvalue weighted by atomic mass is 16.5. The van der Waals surface area contributed by atoms with Crippen molar-refractivity contribution in [1.82, 2.24) is 5.32 Å². The van der Waals surface area contributed by atoms with Crippen LogP contribution >= 0.6 is 0 Å². The molecule has 1 aliphatic heterocycles. The highest BCUT2D eigenvalue weighted by Gasteiger charge is 2.17. The molecule has 0 saturated carbocycles. The molecule has 118 valence electrons. The van der Waals surface area contributed by atoms with E-state index in [1.54, 1.807) is 0 Å². The molecular weight excluding hydrogens is 260 g/mol. The molecule has 1 atom stereocenters. The SMILES string of the molecule is CCCNC(C)c1ccc2c(c1)CCCN2CCOCC. The molecule has 1 aliphatic rings. The lowest BCUT2D eigenvalue weighted by molar-refractivity contribution is 0.153. The third kappa shape index (κ3) is 4.45. The zero-order valence-corrected chi connectivity index (χ0v) is 13.8. The molecule has 0 aromatic heterocycles. The predicted molar refractivity (Wildman–Crippen MR) is 90.2 cm³/mol. The Bertz CT molecular complexity index is 433. The zero-order valence-electron chi connectivity index (χ0n) is 13.8. The number of anilines is 1. The summed E-state index contributed by atoms with van der Waals surface area (Å²) in [5, 5.41) is 3.57. The molecule has 2 rings (SSSR count). The molecule has 1 N–H and O–H groups in total. The van der Waals surface area contributed by atoms with Gasteiger partial charge in [-0.25, -0.2) is 0 Å². The van der Waals surface area contributed by atoms with E-state index in [4.69, 9.17) is 4.74 Å². The van der Waals surface area contributed by atoms with Crippen LogP contribution in [-0.4, -0.2) is 32.8 Å². The summed E-state index contributed by atoms with van der Waals surface area (Å²) in [6, 6.07) is 7.43. The molecule has 21 heavy (non-hydrogen) atoms. The van der Waals surface area contributed by atoms with E-state index in [0.717, 1.165) is 32.8 Å². The van der Waals surface area contributed by atoms with Crippen LogP contribution in [0.2, 0.25) is 0 Å². The fourth-order valence-electron chi connectivity index (χ4n) is 2.99. The largest absolute Gasteiger partial charge is 0.380 e. The Morgan fingerprint density at radius 1 is 1.33 bits per heavy atom. The quantitative estimate of drug-likeness (QED) is 0.741. The molecule has 0 fully saturated rings. The Morgan fingerprint density at radius 3 is 2.95 bits per heavy atom. The van der Waals surface area contributed by atoms with Gasteiger partial charge in [-0.1, -0.05) is 19.1 Å². The van der Waals surface area contributed by atoms with Crippen molar-refractivity contribution in [1.29, 1.82) is 0 Å². The van der Waals surface area contributed by atoms with Crippen LogP contribution in [0.3, 0.4) is 0 Å². The first kappa shape index (κ1) is 16.3. The third-order valence-corrected chi connectivity index (χ3v) is 4.23. The maximum atomic E-state index is 5.51. The van der Waals surface area contributed by atoms with Gasteiger partial charge in [0.25, 0.3) is 0 Å². The van der Waals surface area contributed by atoms with Gasteiger partial charge in [0.1, 0.15) is 0 Å². The Kier molecular flexibility index (Phi) is 6.52. The van der Waals surface area contributed by atoms with Gasteiger partial charge in [0.15, 0.2) is 0 Å². The fourth-order valence-corrected chi connectivity index (χ4v) is 2.99. The summed E-state index contributed by atoms with van der Waals surface area (Å²) in [6.07, 6.45) is 3.63. The summed E-state index contributed by atoms with van der Waals surface area (Å²) < 4.78 is 5.51. The van der Waals surface area contributed by atoms with Crippen LogP contribution in [-0.2, 0) is 11.2 Å². The van der Waals surface area contributed by atoms with Crippen LogP contribution in [0.25, 0.3) is 0 Å². The summed E-state index contributed by atoms with van der Waals surface area (Å²) in [7, 11) is 0. The maximum Gasteiger partial charge on any atom is 0.0641 e. The van der Waals surface area contributed by atoms with Gasteiger partial charge < -0.3 is 15.0 Å². The van der Waals surface area contributed by atoms with E-state index in [1.807, 2.05) is 0 Å². The molecule has 0 bridgehead atoms. The van der Waals surface area contributed by atoms with Crippen LogP contribution in [0, 0.1) is 0 Å². The first-order valence-electron chi connectivity index (χ1n) is 8.45. The fraction of sp³-hybridized carbons (Fsp3) is 0.667. The van der Waals surface area contributed by atoms with Crippen LogP contribution in [0.5, 0.6) is 0 Å². The predicted octanol–water partition coefficient (Wildman–Crippen LogP) is 3.54. The monoisotopic (exact) mass is 290 g/mol. The molecule has 3 heteroatoms. The Balaban J connectivity index is 2.05. The highest BCUT2D eigenvalue weighted by Crippen LogP contribution is 2.29. The Morgan fingerprint density at radius 2 is 2.19 bits per heavy atom. The van der Waals surface area contributed by atoms with Gasteiger partial charge in [0.2, 0.25) is 0 Å². The van der Waals surface area contributed by atoms with Crippen LogP contribution < -0.4 is 10.2 Å². The second kappa shape index (κ2) is 8.40. The van der Waals surface area contributed by atoms with E-state index in [0.29, 0.717) is 6.04 Å². The van der Waals surface area contributed by atoms with Gasteiger partial charge in [0, 0.05) is 31.4 Å². The van der Waals surface area contributed by atoms with Crippen molar-refractivity contribution >= 4 is 5.69 Å². The second-order valence-electron chi connectivity index (χ2n) is 5.85. The minimum atomic E-state index is 0.439. The molecule has 0 radical (unpaired) electrons. The molecule has 1 aromatic carbocycles. The minimum Gasteiger partial charge on any atom is -0.380 e. The number of benzene rings is 1. The van der Waals surface area contributed by atoms with Gasteiger partial charge in [-0.3, -0.25) is 0 Å². The van der Waals surface area contributed by atoms with E-state index in [2.05, 4.69) is 49.2 Å². The molecule has 1 heterocycles. The Hall–Kier alpha value is -1.06. The average molecular weight is 290 g/mol. The molecule has 1 aromatic rings. The van der Waals surface area contributed by atoms with Gasteiger partial charge in [-0.15, -0.1) is 0 Å². The van der Waals surface area contributed by atoms with Crippen LogP contribution in [0.4, 0.5) is 5.69 Å². The van der Waals surface area contributed by atoms with Crippen molar-refractivity contribution in [2.24, 2.45) is 0 Å². The van der Waals surface area contributed by atoms with Crippen LogP contribution in [0.15, 0.2) is 18.2 Å². The molecule has 0 saturated heterocycles. The van der Waals surface area contributed by atoms with Gasteiger partial charge in [0.05, 0.1) is 6.61 Å². The lowest BCUT2D eigenvalue weighted by Gasteiger charge is -2.32. The Labute approximate surface area is 129 Å². The van der Waals surface area contributed by atoms with Crippen molar-refractivity contribution in [2.45, 2.75) is 46.1 Å². The van der Waals surface area contributed by atoms with E-state index >= 15 is 0 Å². The molecule has 0 amide bonds. The number of hydrogen-bond acceptors (Lipinski definition) is 3. The lowest BCUT2D eigenvalue weighted by atomic mass is 9.97. The number of hydrogen-bond donors (Lipinski definition) is 1. The second-order valence-corrected chi connectivity index (χ2v) is 5.85. The molecular formula is C18H30N2O. The van der Waals surface area contributed by atoms with Gasteiger partial charge >= 0.3 is 0 Å². The first-order chi connectivity index (χ1) is 10.3. The van der Waals surface area contributed by atoms with Crippen molar-refractivity contribution in [3.63, 3.8) is 0 Å². The van der Waals surface area contributed by atoms with Crippen molar-refractivity contribution in [2.75, 3.05) is 37.7 Å². The van der Waals surface area contributed by atoms with E-state index in [-0.39, 0.29) is 0 Å². The summed E-state index contributed by atoms with van der Waals surface area (Å²) >= 11 is 0. The molecule has 0 spiro atoms. The normalized spacial score (nSPS) is 15.9. The van der Waals surface area contributed by atoms with Crippen LogP contribution in [0.1, 0.15) is 50.8 Å². The van der Waals surface area contributed by atoms with Gasteiger partial charge in [-0.2, -0.15) is 0 Å². The van der Waals surface area contributed by atoms with Gasteiger partial charge in [-0.05, 0) is 56.8 Å². The van der Waals surface area contributed by atoms with Crippen molar-refractivity contribution in [3.05, 3.63) is 29.3 Å². The number of nitrogens with one attached hydrogen (secondary N) is 1. The smallest absolute Gasteiger partial charge is 0.0641 e. The van der Waals surface area contributed by atoms with Crippen molar-refractivity contribution < 1.29 is 4.74 Å². The molecule has 3 nitrogen and oxygen atoms in total. The van der Waals surface area contributed by atoms with E-state index < -0.39 is 0 Å². The number of aryl methyl sites for hydroxylation is 1. The third-order valence-electron chi connectivity index (χ3n) is 4.23. The maximum absolute atomic E-state index is 5.51. The summed E-state index contributed by atoms with van der Waals surface area (Å²) in [6.45, 7) is 11.4.